The van der Waals surface area contributed by atoms with E-state index in [1.54, 1.807) is 0 Å². The van der Waals surface area contributed by atoms with Crippen molar-refractivity contribution in [1.82, 2.24) is 0 Å². The standard InChI is InChI=1S/C24H29N2/c1-7-26-20-15-11-9-13-18(20)24(4,5)22(26)16-21-23(2,3)17-12-8-10-14-19(17)25(21)6/h8-16H,7H2,1-6H3/q+1. The summed E-state index contributed by atoms with van der Waals surface area (Å²) in [4.78, 5) is 2.48. The molecule has 4 rings (SSSR count). The smallest absolute Gasteiger partial charge is 0.209 e. The van der Waals surface area contributed by atoms with Crippen LogP contribution in [0.4, 0.5) is 11.4 Å². The van der Waals surface area contributed by atoms with E-state index >= 15 is 0 Å². The van der Waals surface area contributed by atoms with Gasteiger partial charge in [0.05, 0.1) is 5.41 Å². The number of anilines is 1. The summed E-state index contributed by atoms with van der Waals surface area (Å²) in [6.45, 7) is 12.6. The Bertz CT molecular complexity index is 944. The van der Waals surface area contributed by atoms with Crippen molar-refractivity contribution in [2.45, 2.75) is 45.4 Å². The van der Waals surface area contributed by atoms with Gasteiger partial charge in [0.15, 0.2) is 5.71 Å². The number of para-hydroxylation sites is 2. The van der Waals surface area contributed by atoms with Crippen molar-refractivity contribution < 1.29 is 4.58 Å². The second-order valence-corrected chi connectivity index (χ2v) is 8.50. The molecule has 2 aliphatic heterocycles. The van der Waals surface area contributed by atoms with Crippen LogP contribution in [0.1, 0.15) is 45.7 Å². The number of likely N-dealkylation sites (N-methyl/N-ethyl adjacent to an activating group) is 1. The van der Waals surface area contributed by atoms with Crippen LogP contribution in [0, 0.1) is 0 Å². The van der Waals surface area contributed by atoms with Crippen LogP contribution >= 0.6 is 0 Å². The van der Waals surface area contributed by atoms with Gasteiger partial charge in [0.1, 0.15) is 7.05 Å². The third-order valence-corrected chi connectivity index (χ3v) is 6.33. The van der Waals surface area contributed by atoms with Gasteiger partial charge in [0, 0.05) is 41.1 Å². The Kier molecular flexibility index (Phi) is 3.66. The van der Waals surface area contributed by atoms with Crippen LogP contribution in [0.5, 0.6) is 0 Å². The fourth-order valence-electron chi connectivity index (χ4n) is 4.83. The van der Waals surface area contributed by atoms with Crippen molar-refractivity contribution in [2.75, 3.05) is 18.5 Å². The summed E-state index contributed by atoms with van der Waals surface area (Å²) in [5.41, 5.74) is 8.27. The van der Waals surface area contributed by atoms with Gasteiger partial charge in [-0.15, -0.1) is 0 Å². The zero-order chi connectivity index (χ0) is 18.7. The second kappa shape index (κ2) is 5.57. The van der Waals surface area contributed by atoms with E-state index in [2.05, 4.69) is 106 Å². The van der Waals surface area contributed by atoms with Gasteiger partial charge < -0.3 is 4.90 Å². The third kappa shape index (κ3) is 2.14. The number of hydrogen-bond donors (Lipinski definition) is 0. The average Bonchev–Trinajstić information content (AvgIpc) is 2.96. The van der Waals surface area contributed by atoms with E-state index in [0.29, 0.717) is 0 Å². The van der Waals surface area contributed by atoms with Gasteiger partial charge in [0.25, 0.3) is 0 Å². The van der Waals surface area contributed by atoms with Gasteiger partial charge in [-0.3, -0.25) is 0 Å². The maximum absolute atomic E-state index is 2.48. The van der Waals surface area contributed by atoms with Crippen LogP contribution < -0.4 is 4.90 Å². The van der Waals surface area contributed by atoms with Crippen molar-refractivity contribution in [1.29, 1.82) is 0 Å². The zero-order valence-electron chi connectivity index (χ0n) is 16.8. The summed E-state index contributed by atoms with van der Waals surface area (Å²) < 4.78 is 2.37. The van der Waals surface area contributed by atoms with Crippen LogP contribution in [-0.2, 0) is 10.8 Å². The highest BCUT2D eigenvalue weighted by Crippen LogP contribution is 2.48. The molecule has 26 heavy (non-hydrogen) atoms. The second-order valence-electron chi connectivity index (χ2n) is 8.50. The van der Waals surface area contributed by atoms with Crippen LogP contribution in [0.2, 0.25) is 0 Å². The Hall–Kier alpha value is -2.35. The maximum Gasteiger partial charge on any atom is 0.209 e. The molecule has 2 heteroatoms. The molecule has 0 saturated heterocycles. The molecule has 0 aliphatic carbocycles. The highest BCUT2D eigenvalue weighted by molar-refractivity contribution is 6.04. The minimum Gasteiger partial charge on any atom is -0.344 e. The van der Waals surface area contributed by atoms with Crippen LogP contribution in [-0.4, -0.2) is 23.9 Å². The Morgan fingerprint density at radius 3 is 2.15 bits per heavy atom. The first-order valence-corrected chi connectivity index (χ1v) is 9.60. The Morgan fingerprint density at radius 1 is 0.885 bits per heavy atom. The molecular weight excluding hydrogens is 316 g/mol. The molecule has 0 radical (unpaired) electrons. The molecule has 0 unspecified atom stereocenters. The lowest BCUT2D eigenvalue weighted by Gasteiger charge is -2.27. The molecule has 0 saturated carbocycles. The Morgan fingerprint density at radius 2 is 1.50 bits per heavy atom. The van der Waals surface area contributed by atoms with Crippen LogP contribution in [0.25, 0.3) is 0 Å². The number of hydrogen-bond acceptors (Lipinski definition) is 1. The minimum atomic E-state index is 0.00259. The molecule has 2 aliphatic rings. The lowest BCUT2D eigenvalue weighted by Crippen LogP contribution is -2.32. The topological polar surface area (TPSA) is 6.25 Å². The van der Waals surface area contributed by atoms with E-state index in [1.807, 2.05) is 0 Å². The number of nitrogens with zero attached hydrogens (tertiary/aromatic N) is 2. The molecule has 0 aromatic heterocycles. The molecule has 0 amide bonds. The molecule has 0 N–H and O–H groups in total. The lowest BCUT2D eigenvalue weighted by atomic mass is 9.78. The largest absolute Gasteiger partial charge is 0.344 e. The molecular formula is C24H29N2+. The normalized spacial score (nSPS) is 21.3. The first kappa shape index (κ1) is 17.1. The van der Waals surface area contributed by atoms with Gasteiger partial charge in [-0.25, -0.2) is 0 Å². The molecule has 2 nitrogen and oxygen atoms in total. The molecule has 0 fully saturated rings. The molecule has 0 atom stereocenters. The first-order chi connectivity index (χ1) is 12.3. The molecule has 0 bridgehead atoms. The molecule has 0 spiro atoms. The summed E-state index contributed by atoms with van der Waals surface area (Å²) in [6.07, 6.45) is 2.45. The Labute approximate surface area is 157 Å². The van der Waals surface area contributed by atoms with Crippen LogP contribution in [0.3, 0.4) is 0 Å². The third-order valence-electron chi connectivity index (χ3n) is 6.33. The quantitative estimate of drug-likeness (QED) is 0.661. The first-order valence-electron chi connectivity index (χ1n) is 9.60. The van der Waals surface area contributed by atoms with Crippen molar-refractivity contribution in [3.8, 4) is 0 Å². The van der Waals surface area contributed by atoms with E-state index in [-0.39, 0.29) is 10.8 Å². The molecule has 2 heterocycles. The summed E-state index contributed by atoms with van der Waals surface area (Å²) in [5.74, 6) is 0. The maximum atomic E-state index is 2.48. The van der Waals surface area contributed by atoms with Gasteiger partial charge in [0.2, 0.25) is 5.69 Å². The van der Waals surface area contributed by atoms with Crippen molar-refractivity contribution in [2.24, 2.45) is 0 Å². The summed E-state index contributed by atoms with van der Waals surface area (Å²) in [6, 6.07) is 17.6. The van der Waals surface area contributed by atoms with E-state index in [1.165, 1.54) is 33.9 Å². The SMILES string of the molecule is CCN1/C(=C/C2=[N+](C)c3ccccc3C2(C)C)C(C)(C)c2ccccc21. The van der Waals surface area contributed by atoms with Gasteiger partial charge in [-0.05, 0) is 32.4 Å². The van der Waals surface area contributed by atoms with Gasteiger partial charge in [-0.2, -0.15) is 4.58 Å². The monoisotopic (exact) mass is 345 g/mol. The number of fused-ring (bicyclic) bond motifs is 2. The fourth-order valence-corrected chi connectivity index (χ4v) is 4.83. The van der Waals surface area contributed by atoms with E-state index in [4.69, 9.17) is 0 Å². The highest BCUT2D eigenvalue weighted by atomic mass is 15.2. The minimum absolute atomic E-state index is 0.00259. The van der Waals surface area contributed by atoms with Gasteiger partial charge >= 0.3 is 0 Å². The summed E-state index contributed by atoms with van der Waals surface area (Å²) in [5, 5.41) is 0. The fraction of sp³-hybridized carbons (Fsp3) is 0.375. The summed E-state index contributed by atoms with van der Waals surface area (Å²) in [7, 11) is 2.20. The molecule has 134 valence electrons. The average molecular weight is 346 g/mol. The van der Waals surface area contributed by atoms with Crippen molar-refractivity contribution in [3.05, 3.63) is 71.4 Å². The van der Waals surface area contributed by atoms with Crippen LogP contribution in [0.15, 0.2) is 60.3 Å². The Balaban J connectivity index is 1.91. The lowest BCUT2D eigenvalue weighted by molar-refractivity contribution is -0.401. The highest BCUT2D eigenvalue weighted by Gasteiger charge is 2.46. The van der Waals surface area contributed by atoms with E-state index in [0.717, 1.165) is 6.54 Å². The van der Waals surface area contributed by atoms with Gasteiger partial charge in [-0.1, -0.05) is 50.2 Å². The summed E-state index contributed by atoms with van der Waals surface area (Å²) >= 11 is 0. The molecule has 2 aromatic rings. The molecule has 2 aromatic carbocycles. The van der Waals surface area contributed by atoms with Crippen molar-refractivity contribution in [3.63, 3.8) is 0 Å². The number of rotatable bonds is 2. The predicted molar refractivity (Wildman–Crippen MR) is 111 cm³/mol. The zero-order valence-corrected chi connectivity index (χ0v) is 16.8. The van der Waals surface area contributed by atoms with Crippen molar-refractivity contribution >= 4 is 17.1 Å². The van der Waals surface area contributed by atoms with E-state index in [9.17, 15) is 0 Å². The number of benzene rings is 2. The van der Waals surface area contributed by atoms with E-state index < -0.39 is 0 Å². The predicted octanol–water partition coefficient (Wildman–Crippen LogP) is 5.39. The number of allylic oxidation sites excluding steroid dienone is 2.